The van der Waals surface area contributed by atoms with Gasteiger partial charge in [-0.1, -0.05) is 6.07 Å². The van der Waals surface area contributed by atoms with Crippen LogP contribution < -0.4 is 15.4 Å². The molecule has 0 bridgehead atoms. The van der Waals surface area contributed by atoms with Gasteiger partial charge in [0.1, 0.15) is 5.75 Å². The van der Waals surface area contributed by atoms with Crippen molar-refractivity contribution < 1.29 is 18.7 Å². The molecule has 2 aromatic carbocycles. The van der Waals surface area contributed by atoms with Crippen LogP contribution in [0, 0.1) is 5.82 Å². The average molecular weight is 389 g/mol. The Labute approximate surface area is 166 Å². The van der Waals surface area contributed by atoms with Crippen molar-refractivity contribution in [1.82, 2.24) is 4.98 Å². The van der Waals surface area contributed by atoms with Gasteiger partial charge in [0.15, 0.2) is 11.6 Å². The number of fused-ring (bicyclic) bond motifs is 1. The quantitative estimate of drug-likeness (QED) is 0.642. The van der Waals surface area contributed by atoms with Crippen molar-refractivity contribution in [3.05, 3.63) is 83.9 Å². The van der Waals surface area contributed by atoms with E-state index in [2.05, 4.69) is 15.6 Å². The summed E-state index contributed by atoms with van der Waals surface area (Å²) in [7, 11) is 0. The maximum absolute atomic E-state index is 14.3. The molecule has 3 aromatic rings. The number of benzene rings is 2. The number of halogens is 1. The molecule has 29 heavy (non-hydrogen) atoms. The number of carbonyl (C=O) groups excluding carboxylic acids is 2. The number of amides is 2. The number of anilines is 2. The normalized spacial score (nSPS) is 12.5. The average Bonchev–Trinajstić information content (AvgIpc) is 3.08. The van der Waals surface area contributed by atoms with Gasteiger partial charge in [-0.15, -0.1) is 0 Å². The molecule has 7 heteroatoms. The number of hydrogen-bond acceptors (Lipinski definition) is 4. The lowest BCUT2D eigenvalue weighted by Crippen LogP contribution is -2.07. The third kappa shape index (κ3) is 4.47. The summed E-state index contributed by atoms with van der Waals surface area (Å²) in [4.78, 5) is 27.4. The summed E-state index contributed by atoms with van der Waals surface area (Å²) >= 11 is 0. The first-order valence-corrected chi connectivity index (χ1v) is 8.86. The van der Waals surface area contributed by atoms with Gasteiger partial charge in [-0.3, -0.25) is 14.6 Å². The number of hydrogen-bond donors (Lipinski definition) is 2. The first-order valence-electron chi connectivity index (χ1n) is 8.86. The van der Waals surface area contributed by atoms with E-state index >= 15 is 0 Å². The summed E-state index contributed by atoms with van der Waals surface area (Å²) in [5, 5.41) is 5.46. The van der Waals surface area contributed by atoms with Crippen LogP contribution in [0.2, 0.25) is 0 Å². The maximum Gasteiger partial charge on any atom is 0.248 e. The predicted molar refractivity (Wildman–Crippen MR) is 107 cm³/mol. The van der Waals surface area contributed by atoms with E-state index in [1.165, 1.54) is 30.5 Å². The minimum atomic E-state index is -0.549. The van der Waals surface area contributed by atoms with E-state index in [4.69, 9.17) is 4.74 Å². The van der Waals surface area contributed by atoms with Crippen LogP contribution in [0.3, 0.4) is 0 Å². The number of nitrogens with one attached hydrogen (secondary N) is 2. The highest BCUT2D eigenvalue weighted by Gasteiger charge is 2.17. The molecule has 2 amide bonds. The van der Waals surface area contributed by atoms with Gasteiger partial charge in [-0.2, -0.15) is 0 Å². The lowest BCUT2D eigenvalue weighted by molar-refractivity contribution is -0.115. The summed E-state index contributed by atoms with van der Waals surface area (Å²) in [5.41, 5.74) is 2.69. The molecule has 1 aromatic heterocycles. The van der Waals surface area contributed by atoms with Gasteiger partial charge >= 0.3 is 0 Å². The summed E-state index contributed by atoms with van der Waals surface area (Å²) in [6.45, 7) is 0. The van der Waals surface area contributed by atoms with Crippen molar-refractivity contribution in [1.29, 1.82) is 0 Å². The SMILES string of the molecule is O=C(/C=C/c1ccc(Oc2cccnc2)c(F)c1)Nc1ccc2c(c1)CC(=O)N2. The highest BCUT2D eigenvalue weighted by molar-refractivity contribution is 6.03. The van der Waals surface area contributed by atoms with Crippen LogP contribution >= 0.6 is 0 Å². The highest BCUT2D eigenvalue weighted by atomic mass is 19.1. The van der Waals surface area contributed by atoms with E-state index in [9.17, 15) is 14.0 Å². The third-order valence-electron chi connectivity index (χ3n) is 4.24. The molecule has 0 radical (unpaired) electrons. The molecule has 4 rings (SSSR count). The smallest absolute Gasteiger partial charge is 0.248 e. The second-order valence-corrected chi connectivity index (χ2v) is 6.40. The molecule has 0 unspecified atom stereocenters. The molecule has 144 valence electrons. The van der Waals surface area contributed by atoms with Crippen LogP contribution in [-0.4, -0.2) is 16.8 Å². The van der Waals surface area contributed by atoms with Crippen LogP contribution in [0.1, 0.15) is 11.1 Å². The Bertz CT molecular complexity index is 1110. The zero-order valence-corrected chi connectivity index (χ0v) is 15.2. The van der Waals surface area contributed by atoms with Gasteiger partial charge in [0.05, 0.1) is 12.6 Å². The van der Waals surface area contributed by atoms with E-state index in [1.54, 1.807) is 42.6 Å². The number of ether oxygens (including phenoxy) is 1. The predicted octanol–water partition coefficient (Wildman–Crippen LogP) is 4.16. The fraction of sp³-hybridized carbons (Fsp3) is 0.0455. The van der Waals surface area contributed by atoms with E-state index in [0.717, 1.165) is 11.3 Å². The van der Waals surface area contributed by atoms with Crippen molar-refractivity contribution in [3.63, 3.8) is 0 Å². The van der Waals surface area contributed by atoms with Crippen molar-refractivity contribution >= 4 is 29.3 Å². The lowest BCUT2D eigenvalue weighted by atomic mass is 10.1. The van der Waals surface area contributed by atoms with Crippen molar-refractivity contribution in [2.45, 2.75) is 6.42 Å². The Morgan fingerprint density at radius 3 is 2.90 bits per heavy atom. The largest absolute Gasteiger partial charge is 0.453 e. The van der Waals surface area contributed by atoms with E-state index in [-0.39, 0.29) is 17.6 Å². The lowest BCUT2D eigenvalue weighted by Gasteiger charge is -2.07. The molecule has 0 spiro atoms. The second-order valence-electron chi connectivity index (χ2n) is 6.40. The van der Waals surface area contributed by atoms with Crippen molar-refractivity contribution in [2.24, 2.45) is 0 Å². The molecular weight excluding hydrogens is 373 g/mol. The van der Waals surface area contributed by atoms with Gasteiger partial charge in [-0.25, -0.2) is 4.39 Å². The molecule has 0 fully saturated rings. The van der Waals surface area contributed by atoms with Gasteiger partial charge in [-0.05, 0) is 59.7 Å². The number of nitrogens with zero attached hydrogens (tertiary/aromatic N) is 1. The molecule has 0 atom stereocenters. The molecule has 0 saturated heterocycles. The van der Waals surface area contributed by atoms with Crippen LogP contribution in [0.25, 0.3) is 6.08 Å². The summed E-state index contributed by atoms with van der Waals surface area (Å²) in [6, 6.07) is 13.0. The van der Waals surface area contributed by atoms with Crippen LogP contribution in [-0.2, 0) is 16.0 Å². The molecule has 0 aliphatic carbocycles. The summed E-state index contributed by atoms with van der Waals surface area (Å²) < 4.78 is 19.7. The standard InChI is InChI=1S/C22H16FN3O3/c23-18-10-14(3-7-20(18)29-17-2-1-9-24-13-17)4-8-21(27)25-16-5-6-19-15(11-16)12-22(28)26-19/h1-11,13H,12H2,(H,25,27)(H,26,28)/b8-4+. The number of aromatic nitrogens is 1. The molecule has 1 aliphatic heterocycles. The Morgan fingerprint density at radius 2 is 2.10 bits per heavy atom. The fourth-order valence-electron chi connectivity index (χ4n) is 2.90. The Balaban J connectivity index is 1.40. The molecule has 6 nitrogen and oxygen atoms in total. The summed E-state index contributed by atoms with van der Waals surface area (Å²) in [5.74, 6) is -0.479. The van der Waals surface area contributed by atoms with Gasteiger partial charge in [0.2, 0.25) is 11.8 Å². The molecular formula is C22H16FN3O3. The zero-order chi connectivity index (χ0) is 20.2. The summed E-state index contributed by atoms with van der Waals surface area (Å²) in [6.07, 6.45) is 6.20. The maximum atomic E-state index is 14.3. The zero-order valence-electron chi connectivity index (χ0n) is 15.2. The third-order valence-corrected chi connectivity index (χ3v) is 4.24. The van der Waals surface area contributed by atoms with E-state index < -0.39 is 5.82 Å². The number of rotatable bonds is 5. The van der Waals surface area contributed by atoms with Crippen LogP contribution in [0.5, 0.6) is 11.5 Å². The molecule has 1 aliphatic rings. The topological polar surface area (TPSA) is 80.3 Å². The Morgan fingerprint density at radius 1 is 1.21 bits per heavy atom. The van der Waals surface area contributed by atoms with Crippen molar-refractivity contribution in [3.8, 4) is 11.5 Å². The molecule has 2 N–H and O–H groups in total. The van der Waals surface area contributed by atoms with E-state index in [0.29, 0.717) is 23.4 Å². The van der Waals surface area contributed by atoms with Gasteiger partial charge in [0.25, 0.3) is 0 Å². The fourth-order valence-corrected chi connectivity index (χ4v) is 2.90. The first-order chi connectivity index (χ1) is 14.1. The monoisotopic (exact) mass is 389 g/mol. The Hall–Kier alpha value is -4.00. The second kappa shape index (κ2) is 7.93. The Kier molecular flexibility index (Phi) is 5.03. The highest BCUT2D eigenvalue weighted by Crippen LogP contribution is 2.26. The van der Waals surface area contributed by atoms with Crippen molar-refractivity contribution in [2.75, 3.05) is 10.6 Å². The molecule has 2 heterocycles. The minimum absolute atomic E-state index is 0.0682. The van der Waals surface area contributed by atoms with Crippen LogP contribution in [0.4, 0.5) is 15.8 Å². The number of pyridine rings is 1. The van der Waals surface area contributed by atoms with Crippen LogP contribution in [0.15, 0.2) is 67.0 Å². The number of carbonyl (C=O) groups is 2. The first kappa shape index (κ1) is 18.4. The van der Waals surface area contributed by atoms with Gasteiger partial charge in [0, 0.05) is 23.6 Å². The van der Waals surface area contributed by atoms with Gasteiger partial charge < -0.3 is 15.4 Å². The molecule has 0 saturated carbocycles. The minimum Gasteiger partial charge on any atom is -0.453 e. The van der Waals surface area contributed by atoms with E-state index in [1.807, 2.05) is 0 Å².